The average Bonchev–Trinajstić information content (AvgIpc) is 2.65. The molecule has 1 aliphatic rings. The van der Waals surface area contributed by atoms with Gasteiger partial charge in [-0.2, -0.15) is 0 Å². The van der Waals surface area contributed by atoms with Gasteiger partial charge in [0.1, 0.15) is 0 Å². The highest BCUT2D eigenvalue weighted by Crippen LogP contribution is 2.39. The summed E-state index contributed by atoms with van der Waals surface area (Å²) >= 11 is 0. The molecule has 0 radical (unpaired) electrons. The van der Waals surface area contributed by atoms with Crippen molar-refractivity contribution >= 4 is 17.6 Å². The first kappa shape index (κ1) is 21.1. The minimum Gasteiger partial charge on any atom is -0.463 e. The maximum atomic E-state index is 12.8. The maximum absolute atomic E-state index is 12.8. The standard InChI is InChI=1S/C19H23N3O6/c1-4-28-19(25)16-12(3)21-11(2)15(18(24)20-8-9-23)17(16)13-6-5-7-14(10-13)22(26)27/h5-7,10,17,21,23H,4,8-9H2,1-3H3,(H,20,24)/t17-/m0/s1. The van der Waals surface area contributed by atoms with Crippen LogP contribution in [0.2, 0.25) is 0 Å². The van der Waals surface area contributed by atoms with Crippen LogP contribution in [0.3, 0.4) is 0 Å². The summed E-state index contributed by atoms with van der Waals surface area (Å²) in [5, 5.41) is 25.8. The molecule has 0 saturated carbocycles. The van der Waals surface area contributed by atoms with Gasteiger partial charge in [0.2, 0.25) is 5.91 Å². The SMILES string of the molecule is CCOC(=O)C1=C(C)NC(C)=C(C(=O)NCCO)[C@@H]1c1cccc([N+](=O)[O-])c1. The van der Waals surface area contributed by atoms with Crippen LogP contribution in [0.5, 0.6) is 0 Å². The normalized spacial score (nSPS) is 16.5. The Bertz CT molecular complexity index is 859. The molecule has 1 aromatic carbocycles. The number of aliphatic hydroxyl groups is 1. The third-order valence-electron chi connectivity index (χ3n) is 4.31. The Kier molecular flexibility index (Phi) is 6.89. The topological polar surface area (TPSA) is 131 Å². The van der Waals surface area contributed by atoms with E-state index in [2.05, 4.69) is 10.6 Å². The van der Waals surface area contributed by atoms with Gasteiger partial charge in [0, 0.05) is 35.6 Å². The number of amides is 1. The fourth-order valence-electron chi connectivity index (χ4n) is 3.19. The van der Waals surface area contributed by atoms with Crippen LogP contribution in [0.15, 0.2) is 46.8 Å². The molecule has 0 unspecified atom stereocenters. The number of hydrogen-bond acceptors (Lipinski definition) is 7. The van der Waals surface area contributed by atoms with Gasteiger partial charge in [-0.15, -0.1) is 0 Å². The number of nitrogens with zero attached hydrogens (tertiary/aromatic N) is 1. The molecule has 0 bridgehead atoms. The van der Waals surface area contributed by atoms with Gasteiger partial charge in [0.25, 0.3) is 5.69 Å². The fourth-order valence-corrected chi connectivity index (χ4v) is 3.19. The van der Waals surface area contributed by atoms with Crippen molar-refractivity contribution in [3.63, 3.8) is 0 Å². The highest BCUT2D eigenvalue weighted by molar-refractivity contribution is 6.02. The fraction of sp³-hybridized carbons (Fsp3) is 0.368. The lowest BCUT2D eigenvalue weighted by molar-refractivity contribution is -0.384. The molecule has 2 rings (SSSR count). The zero-order valence-electron chi connectivity index (χ0n) is 15.9. The Balaban J connectivity index is 2.65. The minimum atomic E-state index is -0.848. The molecule has 28 heavy (non-hydrogen) atoms. The Morgan fingerprint density at radius 2 is 1.96 bits per heavy atom. The molecule has 1 aromatic rings. The van der Waals surface area contributed by atoms with Crippen molar-refractivity contribution < 1.29 is 24.4 Å². The molecule has 0 spiro atoms. The summed E-state index contributed by atoms with van der Waals surface area (Å²) in [4.78, 5) is 36.1. The van der Waals surface area contributed by atoms with Gasteiger partial charge >= 0.3 is 5.97 Å². The number of non-ortho nitro benzene ring substituents is 1. The summed E-state index contributed by atoms with van der Waals surface area (Å²) in [6.07, 6.45) is 0. The van der Waals surface area contributed by atoms with Gasteiger partial charge < -0.3 is 20.5 Å². The molecular weight excluding hydrogens is 366 g/mol. The second kappa shape index (κ2) is 9.14. The van der Waals surface area contributed by atoms with Crippen LogP contribution in [-0.2, 0) is 14.3 Å². The number of esters is 1. The third kappa shape index (κ3) is 4.37. The van der Waals surface area contributed by atoms with E-state index in [1.54, 1.807) is 26.8 Å². The van der Waals surface area contributed by atoms with Crippen LogP contribution in [0.25, 0.3) is 0 Å². The number of nitrogens with one attached hydrogen (secondary N) is 2. The maximum Gasteiger partial charge on any atom is 0.336 e. The summed E-state index contributed by atoms with van der Waals surface area (Å²) in [5.41, 5.74) is 1.74. The van der Waals surface area contributed by atoms with E-state index in [9.17, 15) is 19.7 Å². The first-order valence-corrected chi connectivity index (χ1v) is 8.80. The van der Waals surface area contributed by atoms with Crippen molar-refractivity contribution in [2.24, 2.45) is 0 Å². The summed E-state index contributed by atoms with van der Waals surface area (Å²) in [6.45, 7) is 4.97. The van der Waals surface area contributed by atoms with E-state index >= 15 is 0 Å². The summed E-state index contributed by atoms with van der Waals surface area (Å²) in [5.74, 6) is -1.94. The molecule has 3 N–H and O–H groups in total. The number of allylic oxidation sites excluding steroid dienone is 2. The molecule has 1 heterocycles. The van der Waals surface area contributed by atoms with Crippen LogP contribution < -0.4 is 10.6 Å². The zero-order chi connectivity index (χ0) is 20.8. The lowest BCUT2D eigenvalue weighted by atomic mass is 9.80. The number of nitro benzene ring substituents is 1. The molecule has 0 saturated heterocycles. The van der Waals surface area contributed by atoms with Crippen molar-refractivity contribution in [3.05, 3.63) is 62.5 Å². The third-order valence-corrected chi connectivity index (χ3v) is 4.31. The molecule has 0 aliphatic carbocycles. The summed E-state index contributed by atoms with van der Waals surface area (Å²) < 4.78 is 5.16. The quantitative estimate of drug-likeness (QED) is 0.366. The Labute approximate surface area is 162 Å². The predicted octanol–water partition coefficient (Wildman–Crippen LogP) is 1.50. The predicted molar refractivity (Wildman–Crippen MR) is 101 cm³/mol. The van der Waals surface area contributed by atoms with Crippen LogP contribution in [0, 0.1) is 10.1 Å². The van der Waals surface area contributed by atoms with Crippen molar-refractivity contribution in [1.29, 1.82) is 0 Å². The summed E-state index contributed by atoms with van der Waals surface area (Å²) in [6, 6.07) is 5.82. The molecule has 1 amide bonds. The lowest BCUT2D eigenvalue weighted by Crippen LogP contribution is -2.37. The van der Waals surface area contributed by atoms with Crippen molar-refractivity contribution in [2.75, 3.05) is 19.8 Å². The molecule has 1 atom stereocenters. The summed E-state index contributed by atoms with van der Waals surface area (Å²) in [7, 11) is 0. The van der Waals surface area contributed by atoms with Gasteiger partial charge in [-0.05, 0) is 26.3 Å². The van der Waals surface area contributed by atoms with Crippen LogP contribution >= 0.6 is 0 Å². The number of ether oxygens (including phenoxy) is 1. The first-order chi connectivity index (χ1) is 13.3. The highest BCUT2D eigenvalue weighted by Gasteiger charge is 2.37. The van der Waals surface area contributed by atoms with E-state index in [1.165, 1.54) is 18.2 Å². The second-order valence-corrected chi connectivity index (χ2v) is 6.19. The lowest BCUT2D eigenvalue weighted by Gasteiger charge is -2.30. The number of rotatable bonds is 7. The molecule has 0 aromatic heterocycles. The van der Waals surface area contributed by atoms with Crippen LogP contribution in [0.4, 0.5) is 5.69 Å². The van der Waals surface area contributed by atoms with E-state index in [1.807, 2.05) is 0 Å². The largest absolute Gasteiger partial charge is 0.463 e. The van der Waals surface area contributed by atoms with Crippen molar-refractivity contribution in [3.8, 4) is 0 Å². The number of hydrogen-bond donors (Lipinski definition) is 3. The zero-order valence-corrected chi connectivity index (χ0v) is 15.9. The molecule has 9 heteroatoms. The monoisotopic (exact) mass is 389 g/mol. The van der Waals surface area contributed by atoms with Crippen LogP contribution in [0.1, 0.15) is 32.3 Å². The number of carbonyl (C=O) groups excluding carboxylic acids is 2. The number of nitro groups is 1. The smallest absolute Gasteiger partial charge is 0.336 e. The van der Waals surface area contributed by atoms with Crippen molar-refractivity contribution in [1.82, 2.24) is 10.6 Å². The van der Waals surface area contributed by atoms with Gasteiger partial charge in [0.05, 0.1) is 29.6 Å². The van der Waals surface area contributed by atoms with Gasteiger partial charge in [0.15, 0.2) is 0 Å². The highest BCUT2D eigenvalue weighted by atomic mass is 16.6. The first-order valence-electron chi connectivity index (χ1n) is 8.80. The number of carbonyl (C=O) groups is 2. The van der Waals surface area contributed by atoms with E-state index in [4.69, 9.17) is 9.84 Å². The molecule has 9 nitrogen and oxygen atoms in total. The Hall–Kier alpha value is -3.20. The van der Waals surface area contributed by atoms with E-state index in [-0.39, 0.29) is 36.6 Å². The minimum absolute atomic E-state index is 0.0364. The van der Waals surface area contributed by atoms with Gasteiger partial charge in [-0.25, -0.2) is 4.79 Å². The Morgan fingerprint density at radius 1 is 1.29 bits per heavy atom. The molecule has 150 valence electrons. The molecule has 1 aliphatic heterocycles. The number of aliphatic hydroxyl groups excluding tert-OH is 1. The average molecular weight is 389 g/mol. The molecule has 0 fully saturated rings. The van der Waals surface area contributed by atoms with Crippen molar-refractivity contribution in [2.45, 2.75) is 26.7 Å². The van der Waals surface area contributed by atoms with Gasteiger partial charge in [-0.1, -0.05) is 12.1 Å². The number of dihydropyridines is 1. The van der Waals surface area contributed by atoms with Crippen LogP contribution in [-0.4, -0.2) is 41.7 Å². The second-order valence-electron chi connectivity index (χ2n) is 6.19. The number of benzene rings is 1. The Morgan fingerprint density at radius 3 is 2.57 bits per heavy atom. The van der Waals surface area contributed by atoms with E-state index in [0.29, 0.717) is 17.0 Å². The van der Waals surface area contributed by atoms with Gasteiger partial charge in [-0.3, -0.25) is 14.9 Å². The van der Waals surface area contributed by atoms with E-state index < -0.39 is 22.7 Å². The van der Waals surface area contributed by atoms with E-state index in [0.717, 1.165) is 0 Å². The molecular formula is C19H23N3O6.